The van der Waals surface area contributed by atoms with E-state index in [-0.39, 0.29) is 5.60 Å². The van der Waals surface area contributed by atoms with Crippen LogP contribution in [0.5, 0.6) is 0 Å². The van der Waals surface area contributed by atoms with Crippen molar-refractivity contribution in [1.82, 2.24) is 9.97 Å². The Kier molecular flexibility index (Phi) is 3.68. The van der Waals surface area contributed by atoms with Gasteiger partial charge in [-0.05, 0) is 55.2 Å². The molecule has 1 unspecified atom stereocenters. The number of nitrogens with zero attached hydrogens (tertiary/aromatic N) is 2. The summed E-state index contributed by atoms with van der Waals surface area (Å²) in [7, 11) is 0. The van der Waals surface area contributed by atoms with Crippen LogP contribution in [0.25, 0.3) is 0 Å². The van der Waals surface area contributed by atoms with Crippen molar-refractivity contribution in [3.63, 3.8) is 0 Å². The van der Waals surface area contributed by atoms with E-state index in [0.717, 1.165) is 34.5 Å². The van der Waals surface area contributed by atoms with Gasteiger partial charge in [0.25, 0.3) is 0 Å². The maximum atomic E-state index is 6.10. The maximum Gasteiger partial charge on any atom is 0.162 e. The smallest absolute Gasteiger partial charge is 0.162 e. The van der Waals surface area contributed by atoms with Crippen molar-refractivity contribution in [2.24, 2.45) is 0 Å². The molecular weight excluding hydrogens is 353 g/mol. The Morgan fingerprint density at radius 3 is 2.63 bits per heavy atom. The van der Waals surface area contributed by atoms with E-state index in [2.05, 4.69) is 34.5 Å². The molecule has 2 fully saturated rings. The number of halogens is 1. The van der Waals surface area contributed by atoms with Crippen LogP contribution in [-0.2, 0) is 10.3 Å². The summed E-state index contributed by atoms with van der Waals surface area (Å²) in [6.07, 6.45) is 7.11. The number of ether oxygens (including phenoxy) is 1. The lowest BCUT2D eigenvalue weighted by Gasteiger charge is -2.24. The third kappa shape index (κ3) is 2.46. The molecule has 1 atom stereocenters. The highest BCUT2D eigenvalue weighted by atomic mass is 127. The molecule has 104 valence electrons. The zero-order valence-electron chi connectivity index (χ0n) is 11.3. The molecule has 0 radical (unpaired) electrons. The van der Waals surface area contributed by atoms with Crippen molar-refractivity contribution >= 4 is 28.4 Å². The molecule has 1 aromatic heterocycles. The molecule has 5 heteroatoms. The summed E-state index contributed by atoms with van der Waals surface area (Å²) < 4.78 is 6.89. The summed E-state index contributed by atoms with van der Waals surface area (Å²) in [5.74, 6) is 1.95. The van der Waals surface area contributed by atoms with Crippen molar-refractivity contribution in [2.75, 3.05) is 12.3 Å². The van der Waals surface area contributed by atoms with Crippen molar-refractivity contribution in [3.05, 3.63) is 15.1 Å². The molecule has 2 aliphatic rings. The molecule has 19 heavy (non-hydrogen) atoms. The third-order valence-corrected chi connectivity index (χ3v) is 5.44. The Balaban J connectivity index is 2.02. The highest BCUT2D eigenvalue weighted by Crippen LogP contribution is 2.39. The van der Waals surface area contributed by atoms with Crippen LogP contribution in [0.4, 0.5) is 5.82 Å². The number of hydrogen-bond donors (Lipinski definition) is 1. The van der Waals surface area contributed by atoms with Gasteiger partial charge >= 0.3 is 0 Å². The zero-order valence-corrected chi connectivity index (χ0v) is 13.4. The van der Waals surface area contributed by atoms with Crippen molar-refractivity contribution < 1.29 is 4.74 Å². The fraction of sp³-hybridized carbons (Fsp3) is 0.714. The molecule has 0 aromatic carbocycles. The lowest BCUT2D eigenvalue weighted by Crippen LogP contribution is -2.25. The molecule has 3 rings (SSSR count). The van der Waals surface area contributed by atoms with Crippen LogP contribution in [-0.4, -0.2) is 16.6 Å². The number of anilines is 1. The molecule has 1 aromatic rings. The Bertz CT molecular complexity index is 480. The van der Waals surface area contributed by atoms with Crippen LogP contribution in [0.1, 0.15) is 62.9 Å². The van der Waals surface area contributed by atoms with Crippen molar-refractivity contribution in [2.45, 2.75) is 57.0 Å². The molecule has 2 N–H and O–H groups in total. The quantitative estimate of drug-likeness (QED) is 0.808. The van der Waals surface area contributed by atoms with E-state index in [4.69, 9.17) is 15.5 Å². The highest BCUT2D eigenvalue weighted by Gasteiger charge is 2.36. The minimum atomic E-state index is -0.341. The molecule has 0 amide bonds. The van der Waals surface area contributed by atoms with Gasteiger partial charge in [-0.25, -0.2) is 9.97 Å². The fourth-order valence-corrected chi connectivity index (χ4v) is 3.83. The van der Waals surface area contributed by atoms with Gasteiger partial charge < -0.3 is 10.5 Å². The average Bonchev–Trinajstić information content (AvgIpc) is 3.04. The summed E-state index contributed by atoms with van der Waals surface area (Å²) in [5, 5.41) is 0. The molecule has 1 aliphatic carbocycles. The molecular formula is C14H20IN3O. The predicted molar refractivity (Wildman–Crippen MR) is 82.9 cm³/mol. The van der Waals surface area contributed by atoms with Crippen molar-refractivity contribution in [1.29, 1.82) is 0 Å². The Labute approximate surface area is 127 Å². The molecule has 2 heterocycles. The summed E-state index contributed by atoms with van der Waals surface area (Å²) in [6.45, 7) is 2.88. The predicted octanol–water partition coefficient (Wildman–Crippen LogP) is 3.35. The molecule has 0 bridgehead atoms. The second kappa shape index (κ2) is 5.16. The monoisotopic (exact) mass is 373 g/mol. The third-order valence-electron chi connectivity index (χ3n) is 4.34. The number of rotatable bonds is 2. The van der Waals surface area contributed by atoms with Gasteiger partial charge in [0.2, 0.25) is 0 Å². The summed E-state index contributed by atoms with van der Waals surface area (Å²) >= 11 is 2.29. The van der Waals surface area contributed by atoms with Crippen molar-refractivity contribution in [3.8, 4) is 0 Å². The topological polar surface area (TPSA) is 61.0 Å². The average molecular weight is 373 g/mol. The van der Waals surface area contributed by atoms with Crippen LogP contribution in [0.15, 0.2) is 0 Å². The Morgan fingerprint density at radius 1 is 1.26 bits per heavy atom. The van der Waals surface area contributed by atoms with Gasteiger partial charge in [-0.15, -0.1) is 0 Å². The normalized spacial score (nSPS) is 28.1. The lowest BCUT2D eigenvalue weighted by molar-refractivity contribution is 0.00918. The highest BCUT2D eigenvalue weighted by molar-refractivity contribution is 14.1. The summed E-state index contributed by atoms with van der Waals surface area (Å²) in [5.41, 5.74) is 6.91. The standard InChI is InChI=1S/C14H20IN3O/c1-14(7-4-8-19-14)13-17-11(9-5-2-3-6-9)10(15)12(16)18-13/h9H,2-8H2,1H3,(H2,16,17,18). The van der Waals surface area contributed by atoms with Gasteiger partial charge in [-0.2, -0.15) is 0 Å². The van der Waals surface area contributed by atoms with Gasteiger partial charge in [0, 0.05) is 12.5 Å². The molecule has 1 saturated heterocycles. The van der Waals surface area contributed by atoms with E-state index in [0.29, 0.717) is 11.7 Å². The van der Waals surface area contributed by atoms with Gasteiger partial charge in [0.15, 0.2) is 5.82 Å². The Morgan fingerprint density at radius 2 is 2.00 bits per heavy atom. The fourth-order valence-electron chi connectivity index (χ4n) is 3.14. The van der Waals surface area contributed by atoms with Gasteiger partial charge in [0.05, 0.1) is 9.26 Å². The lowest BCUT2D eigenvalue weighted by atomic mass is 9.99. The molecule has 1 saturated carbocycles. The first-order valence-corrected chi connectivity index (χ1v) is 8.15. The summed E-state index contributed by atoms with van der Waals surface area (Å²) in [6, 6.07) is 0. The first-order chi connectivity index (χ1) is 9.10. The zero-order chi connectivity index (χ0) is 13.5. The van der Waals surface area contributed by atoms with Crippen LogP contribution in [0.3, 0.4) is 0 Å². The second-order valence-electron chi connectivity index (χ2n) is 5.80. The van der Waals surface area contributed by atoms with E-state index in [1.807, 2.05) is 0 Å². The summed E-state index contributed by atoms with van der Waals surface area (Å²) in [4.78, 5) is 9.34. The van der Waals surface area contributed by atoms with Crippen LogP contribution < -0.4 is 5.73 Å². The Hall–Kier alpha value is -0.430. The van der Waals surface area contributed by atoms with Crippen LogP contribution in [0, 0.1) is 3.57 Å². The number of nitrogens with two attached hydrogens (primary N) is 1. The van der Waals surface area contributed by atoms with Crippen LogP contribution in [0.2, 0.25) is 0 Å². The van der Waals surface area contributed by atoms with Gasteiger partial charge in [-0.1, -0.05) is 12.8 Å². The first-order valence-electron chi connectivity index (χ1n) is 7.07. The van der Waals surface area contributed by atoms with E-state index >= 15 is 0 Å². The molecule has 1 aliphatic heterocycles. The van der Waals surface area contributed by atoms with Gasteiger partial charge in [0.1, 0.15) is 11.4 Å². The SMILES string of the molecule is CC1(c2nc(N)c(I)c(C3CCCC3)n2)CCCO1. The number of aromatic nitrogens is 2. The van der Waals surface area contributed by atoms with Crippen LogP contribution >= 0.6 is 22.6 Å². The first kappa shape index (κ1) is 13.5. The van der Waals surface area contributed by atoms with E-state index < -0.39 is 0 Å². The largest absolute Gasteiger partial charge is 0.383 e. The van der Waals surface area contributed by atoms with E-state index in [1.54, 1.807) is 0 Å². The second-order valence-corrected chi connectivity index (χ2v) is 6.87. The molecule has 4 nitrogen and oxygen atoms in total. The number of nitrogen functional groups attached to an aromatic ring is 1. The van der Waals surface area contributed by atoms with Gasteiger partial charge in [-0.3, -0.25) is 0 Å². The number of hydrogen-bond acceptors (Lipinski definition) is 4. The minimum Gasteiger partial charge on any atom is -0.383 e. The maximum absolute atomic E-state index is 6.10. The van der Waals surface area contributed by atoms with E-state index in [1.165, 1.54) is 25.7 Å². The molecule has 0 spiro atoms. The minimum absolute atomic E-state index is 0.341. The van der Waals surface area contributed by atoms with E-state index in [9.17, 15) is 0 Å².